The summed E-state index contributed by atoms with van der Waals surface area (Å²) in [6.07, 6.45) is 2.23. The summed E-state index contributed by atoms with van der Waals surface area (Å²) < 4.78 is 0. The van der Waals surface area contributed by atoms with Crippen LogP contribution in [0.25, 0.3) is 0 Å². The molecule has 5 heteroatoms. The van der Waals surface area contributed by atoms with Crippen LogP contribution >= 0.6 is 0 Å². The molecule has 1 atom stereocenters. The summed E-state index contributed by atoms with van der Waals surface area (Å²) in [5.74, 6) is -0.308. The van der Waals surface area contributed by atoms with Gasteiger partial charge < -0.3 is 4.90 Å². The van der Waals surface area contributed by atoms with E-state index in [4.69, 9.17) is 5.21 Å². The molecule has 1 spiro atoms. The molecular weight excluding hydrogens is 328 g/mol. The summed E-state index contributed by atoms with van der Waals surface area (Å²) in [6, 6.07) is 13.6. The minimum absolute atomic E-state index is 0.213. The average Bonchev–Trinajstić information content (AvgIpc) is 3.17. The number of fused-ring (bicyclic) bond motifs is 1. The zero-order valence-electron chi connectivity index (χ0n) is 14.8. The van der Waals surface area contributed by atoms with Crippen LogP contribution in [0.4, 0.5) is 0 Å². The zero-order valence-corrected chi connectivity index (χ0v) is 14.8. The van der Waals surface area contributed by atoms with Crippen molar-refractivity contribution < 1.29 is 14.8 Å². The van der Waals surface area contributed by atoms with Crippen molar-refractivity contribution >= 4 is 11.8 Å². The zero-order chi connectivity index (χ0) is 18.3. The van der Waals surface area contributed by atoms with Crippen LogP contribution in [0.15, 0.2) is 42.5 Å². The van der Waals surface area contributed by atoms with Crippen LogP contribution in [-0.2, 0) is 24.2 Å². The van der Waals surface area contributed by atoms with Crippen molar-refractivity contribution in [2.24, 2.45) is 5.41 Å². The predicted molar refractivity (Wildman–Crippen MR) is 96.7 cm³/mol. The number of hydrogen-bond donors (Lipinski definition) is 2. The summed E-state index contributed by atoms with van der Waals surface area (Å²) in [5, 5.41) is 8.82. The Morgan fingerprint density at radius 3 is 2.73 bits per heavy atom. The van der Waals surface area contributed by atoms with Crippen molar-refractivity contribution in [3.8, 4) is 0 Å². The van der Waals surface area contributed by atoms with Crippen LogP contribution in [-0.4, -0.2) is 28.5 Å². The number of nitrogens with zero attached hydrogens (tertiary/aromatic N) is 1. The van der Waals surface area contributed by atoms with Crippen molar-refractivity contribution in [1.29, 1.82) is 0 Å². The number of likely N-dealkylation sites (tertiary alicyclic amines) is 1. The van der Waals surface area contributed by atoms with Gasteiger partial charge in [-0.25, -0.2) is 5.48 Å². The minimum Gasteiger partial charge on any atom is -0.338 e. The number of aryl methyl sites for hydroxylation is 1. The van der Waals surface area contributed by atoms with Gasteiger partial charge >= 0.3 is 0 Å². The number of amides is 2. The van der Waals surface area contributed by atoms with E-state index >= 15 is 0 Å². The summed E-state index contributed by atoms with van der Waals surface area (Å²) >= 11 is 0. The van der Waals surface area contributed by atoms with Gasteiger partial charge in [-0.3, -0.25) is 14.8 Å². The number of benzene rings is 2. The standard InChI is InChI=1S/C21H22N2O3/c1-14-4-2-3-5-17(14)13-23-9-8-21(20(23)25)11-16-7-6-15(19(24)22-26)10-18(16)12-21/h2-7,10,26H,8-9,11-13H2,1H3,(H,22,24)/t21-/m1/s1. The molecule has 1 aliphatic heterocycles. The Labute approximate surface area is 152 Å². The van der Waals surface area contributed by atoms with Gasteiger partial charge in [0.05, 0.1) is 5.41 Å². The Bertz CT molecular complexity index is 893. The van der Waals surface area contributed by atoms with Gasteiger partial charge in [0, 0.05) is 18.7 Å². The van der Waals surface area contributed by atoms with Crippen LogP contribution < -0.4 is 5.48 Å². The van der Waals surface area contributed by atoms with Gasteiger partial charge in [0.15, 0.2) is 0 Å². The maximum atomic E-state index is 13.2. The molecule has 2 aromatic carbocycles. The van der Waals surface area contributed by atoms with Crippen molar-refractivity contribution in [3.63, 3.8) is 0 Å². The molecule has 1 aliphatic carbocycles. The second-order valence-corrected chi connectivity index (χ2v) is 7.46. The Hall–Kier alpha value is -2.66. The van der Waals surface area contributed by atoms with Gasteiger partial charge in [-0.05, 0) is 60.6 Å². The Morgan fingerprint density at radius 1 is 1.19 bits per heavy atom. The van der Waals surface area contributed by atoms with Crippen molar-refractivity contribution in [3.05, 3.63) is 70.3 Å². The lowest BCUT2D eigenvalue weighted by Gasteiger charge is -2.23. The molecule has 2 amide bonds. The van der Waals surface area contributed by atoms with Crippen molar-refractivity contribution in [2.45, 2.75) is 32.7 Å². The van der Waals surface area contributed by atoms with E-state index in [1.165, 1.54) is 11.1 Å². The lowest BCUT2D eigenvalue weighted by atomic mass is 9.83. The fourth-order valence-electron chi connectivity index (χ4n) is 4.33. The normalized spacial score (nSPS) is 21.3. The minimum atomic E-state index is -0.521. The molecule has 0 radical (unpaired) electrons. The highest BCUT2D eigenvalue weighted by Crippen LogP contribution is 2.45. The molecule has 1 fully saturated rings. The van der Waals surface area contributed by atoms with Gasteiger partial charge in [0.2, 0.25) is 5.91 Å². The first-order chi connectivity index (χ1) is 12.5. The molecule has 0 aromatic heterocycles. The molecule has 1 saturated heterocycles. The van der Waals surface area contributed by atoms with Crippen molar-refractivity contribution in [2.75, 3.05) is 6.54 Å². The molecule has 5 nitrogen and oxygen atoms in total. The van der Waals surface area contributed by atoms with Gasteiger partial charge in [-0.15, -0.1) is 0 Å². The molecule has 0 unspecified atom stereocenters. The smallest absolute Gasteiger partial charge is 0.274 e. The van der Waals surface area contributed by atoms with E-state index in [9.17, 15) is 9.59 Å². The Morgan fingerprint density at radius 2 is 1.96 bits per heavy atom. The second-order valence-electron chi connectivity index (χ2n) is 7.46. The molecule has 0 saturated carbocycles. The van der Waals surface area contributed by atoms with Gasteiger partial charge in [0.25, 0.3) is 5.91 Å². The number of hydroxylamine groups is 1. The fourth-order valence-corrected chi connectivity index (χ4v) is 4.33. The quantitative estimate of drug-likeness (QED) is 0.660. The maximum absolute atomic E-state index is 13.2. The van der Waals surface area contributed by atoms with Crippen LogP contribution in [0.1, 0.15) is 39.0 Å². The number of rotatable bonds is 3. The number of carbonyl (C=O) groups excluding carboxylic acids is 2. The number of carbonyl (C=O) groups is 2. The van der Waals surface area contributed by atoms with E-state index in [0.717, 1.165) is 30.5 Å². The Balaban J connectivity index is 1.54. The van der Waals surface area contributed by atoms with E-state index in [2.05, 4.69) is 19.1 Å². The summed E-state index contributed by atoms with van der Waals surface area (Å²) in [7, 11) is 0. The van der Waals surface area contributed by atoms with E-state index in [-0.39, 0.29) is 11.3 Å². The molecule has 134 valence electrons. The highest BCUT2D eigenvalue weighted by Gasteiger charge is 2.50. The molecule has 26 heavy (non-hydrogen) atoms. The summed E-state index contributed by atoms with van der Waals surface area (Å²) in [5.41, 5.74) is 6.28. The number of hydrogen-bond acceptors (Lipinski definition) is 3. The average molecular weight is 350 g/mol. The van der Waals surface area contributed by atoms with E-state index in [1.807, 2.05) is 23.1 Å². The van der Waals surface area contributed by atoms with Crippen molar-refractivity contribution in [1.82, 2.24) is 10.4 Å². The third-order valence-electron chi connectivity index (χ3n) is 5.85. The lowest BCUT2D eigenvalue weighted by molar-refractivity contribution is -0.136. The second kappa shape index (κ2) is 6.25. The topological polar surface area (TPSA) is 69.6 Å². The van der Waals surface area contributed by atoms with Gasteiger partial charge in [-0.2, -0.15) is 0 Å². The summed E-state index contributed by atoms with van der Waals surface area (Å²) in [4.78, 5) is 26.8. The molecule has 0 bridgehead atoms. The van der Waals surface area contributed by atoms with Crippen LogP contribution in [0.2, 0.25) is 0 Å². The first-order valence-corrected chi connectivity index (χ1v) is 8.92. The first-order valence-electron chi connectivity index (χ1n) is 8.92. The molecule has 2 aliphatic rings. The first kappa shape index (κ1) is 16.8. The SMILES string of the molecule is Cc1ccccc1CN1CC[C@]2(Cc3ccc(C(=O)NO)cc3C2)C1=O. The predicted octanol–water partition coefficient (Wildman–Crippen LogP) is 2.63. The van der Waals surface area contributed by atoms with Gasteiger partial charge in [-0.1, -0.05) is 30.3 Å². The monoisotopic (exact) mass is 350 g/mol. The largest absolute Gasteiger partial charge is 0.338 e. The van der Waals surface area contributed by atoms with E-state index < -0.39 is 5.91 Å². The molecule has 1 heterocycles. The Kier molecular flexibility index (Phi) is 4.04. The van der Waals surface area contributed by atoms with E-state index in [0.29, 0.717) is 18.5 Å². The van der Waals surface area contributed by atoms with E-state index in [1.54, 1.807) is 17.6 Å². The maximum Gasteiger partial charge on any atom is 0.274 e. The fraction of sp³-hybridized carbons (Fsp3) is 0.333. The third kappa shape index (κ3) is 2.69. The molecule has 4 rings (SSSR count). The molecule has 2 aromatic rings. The van der Waals surface area contributed by atoms with Gasteiger partial charge in [0.1, 0.15) is 0 Å². The highest BCUT2D eigenvalue weighted by atomic mass is 16.5. The molecular formula is C21H22N2O3. The van der Waals surface area contributed by atoms with Crippen LogP contribution in [0, 0.1) is 12.3 Å². The van der Waals surface area contributed by atoms with Crippen LogP contribution in [0.5, 0.6) is 0 Å². The molecule has 2 N–H and O–H groups in total. The van der Waals surface area contributed by atoms with Crippen LogP contribution in [0.3, 0.4) is 0 Å². The lowest BCUT2D eigenvalue weighted by Crippen LogP contribution is -2.35. The summed E-state index contributed by atoms with van der Waals surface area (Å²) in [6.45, 7) is 3.50. The third-order valence-corrected chi connectivity index (χ3v) is 5.85. The number of nitrogens with one attached hydrogen (secondary N) is 1. The highest BCUT2D eigenvalue weighted by molar-refractivity contribution is 5.94.